The first-order valence-electron chi connectivity index (χ1n) is 9.89. The van der Waals surface area contributed by atoms with Gasteiger partial charge in [0.15, 0.2) is 0 Å². The van der Waals surface area contributed by atoms with Crippen molar-refractivity contribution in [1.29, 1.82) is 0 Å². The van der Waals surface area contributed by atoms with Crippen LogP contribution in [0.25, 0.3) is 0 Å². The minimum atomic E-state index is 0. The van der Waals surface area contributed by atoms with Gasteiger partial charge in [0.1, 0.15) is 0 Å². The zero-order valence-electron chi connectivity index (χ0n) is 18.1. The Balaban J connectivity index is 0.000000374. The zero-order valence-corrected chi connectivity index (χ0v) is 19.6. The van der Waals surface area contributed by atoms with Crippen molar-refractivity contribution in [2.24, 2.45) is 0 Å². The van der Waals surface area contributed by atoms with E-state index in [0.717, 1.165) is 16.7 Å². The first-order chi connectivity index (χ1) is 13.9. The van der Waals surface area contributed by atoms with Gasteiger partial charge >= 0.3 is 21.7 Å². The van der Waals surface area contributed by atoms with Gasteiger partial charge in [-0.05, 0) is 20.8 Å². The Labute approximate surface area is 196 Å². The molecule has 1 saturated carbocycles. The van der Waals surface area contributed by atoms with E-state index < -0.39 is 0 Å². The molecule has 0 atom stereocenters. The third-order valence-corrected chi connectivity index (χ3v) is 4.13. The van der Waals surface area contributed by atoms with Gasteiger partial charge in [0.25, 0.3) is 0 Å². The van der Waals surface area contributed by atoms with Crippen molar-refractivity contribution in [2.45, 2.75) is 46.5 Å². The van der Waals surface area contributed by atoms with Crippen molar-refractivity contribution >= 4 is 0 Å². The van der Waals surface area contributed by atoms with Crippen LogP contribution in [-0.4, -0.2) is 0 Å². The fraction of sp³-hybridized carbons (Fsp3) is 0.269. The minimum Gasteiger partial charge on any atom is -0.872 e. The van der Waals surface area contributed by atoms with Gasteiger partial charge in [-0.3, -0.25) is 0 Å². The van der Waals surface area contributed by atoms with E-state index in [9.17, 15) is 15.3 Å². The molecule has 0 bridgehead atoms. The van der Waals surface area contributed by atoms with E-state index in [2.05, 4.69) is 6.42 Å². The maximum absolute atomic E-state index is 10.4. The second kappa shape index (κ2) is 16.6. The molecule has 0 aliphatic heterocycles. The van der Waals surface area contributed by atoms with Gasteiger partial charge in [0.2, 0.25) is 0 Å². The first-order valence-corrected chi connectivity index (χ1v) is 9.89. The average molecular weight is 438 g/mol. The summed E-state index contributed by atoms with van der Waals surface area (Å²) in [6.07, 6.45) is 8.00. The quantitative estimate of drug-likeness (QED) is 0.368. The first kappa shape index (κ1) is 27.8. The summed E-state index contributed by atoms with van der Waals surface area (Å²) < 4.78 is 0. The number of hydrogen-bond acceptors (Lipinski definition) is 3. The molecular weight excluding hydrogens is 408 g/mol. The molecule has 4 heteroatoms. The summed E-state index contributed by atoms with van der Waals surface area (Å²) in [6.45, 7) is 5.87. The van der Waals surface area contributed by atoms with Crippen LogP contribution in [0.3, 0.4) is 0 Å². The van der Waals surface area contributed by atoms with E-state index in [1.165, 1.54) is 25.7 Å². The molecule has 0 heterocycles. The van der Waals surface area contributed by atoms with Gasteiger partial charge in [0.05, 0.1) is 0 Å². The smallest absolute Gasteiger partial charge is 0.872 e. The van der Waals surface area contributed by atoms with Gasteiger partial charge in [0, 0.05) is 0 Å². The number of benzene rings is 3. The molecule has 3 nitrogen and oxygen atoms in total. The van der Waals surface area contributed by atoms with Crippen LogP contribution < -0.4 is 15.3 Å². The summed E-state index contributed by atoms with van der Waals surface area (Å²) in [6, 6.07) is 20.2. The third-order valence-electron chi connectivity index (χ3n) is 4.13. The van der Waals surface area contributed by atoms with Gasteiger partial charge in [-0.1, -0.05) is 102 Å². The largest absolute Gasteiger partial charge is 4.00 e. The maximum atomic E-state index is 10.4. The molecule has 0 spiro atoms. The predicted octanol–water partition coefficient (Wildman–Crippen LogP) is 4.97. The Morgan fingerprint density at radius 2 is 0.733 bits per heavy atom. The molecule has 1 aliphatic rings. The standard InChI is InChI=1S/3C7H8O.C5H9.Ti/c3*1-6-2-4-7(8)5-3-6;1-2-4-5-3-1;/h3*2-5,8H,1H3;1H,2-5H2;/q;;;-1;+4/p-3. The van der Waals surface area contributed by atoms with E-state index in [4.69, 9.17) is 0 Å². The van der Waals surface area contributed by atoms with Crippen molar-refractivity contribution in [3.05, 3.63) is 95.9 Å². The topological polar surface area (TPSA) is 69.2 Å². The summed E-state index contributed by atoms with van der Waals surface area (Å²) in [5.41, 5.74) is 3.39. The van der Waals surface area contributed by atoms with Crippen LogP contribution in [0.15, 0.2) is 72.8 Å². The molecule has 0 aromatic heterocycles. The third kappa shape index (κ3) is 14.7. The van der Waals surface area contributed by atoms with Crippen LogP contribution in [0.5, 0.6) is 17.2 Å². The molecular formula is C26H30O3Ti. The van der Waals surface area contributed by atoms with Gasteiger partial charge in [-0.15, -0.1) is 17.2 Å². The molecule has 0 saturated heterocycles. The molecule has 4 rings (SSSR count). The molecule has 1 fully saturated rings. The number of hydrogen-bond donors (Lipinski definition) is 0. The molecule has 30 heavy (non-hydrogen) atoms. The zero-order chi connectivity index (χ0) is 21.5. The Morgan fingerprint density at radius 1 is 0.500 bits per heavy atom. The van der Waals surface area contributed by atoms with Crippen LogP contribution >= 0.6 is 0 Å². The van der Waals surface area contributed by atoms with Crippen molar-refractivity contribution in [2.75, 3.05) is 0 Å². The van der Waals surface area contributed by atoms with Crippen LogP contribution in [0.4, 0.5) is 0 Å². The van der Waals surface area contributed by atoms with Gasteiger partial charge in [-0.2, -0.15) is 12.8 Å². The molecule has 0 amide bonds. The molecule has 0 radical (unpaired) electrons. The minimum absolute atomic E-state index is 0. The number of rotatable bonds is 0. The summed E-state index contributed by atoms with van der Waals surface area (Å²) in [5.74, 6) is 0.238. The van der Waals surface area contributed by atoms with Crippen molar-refractivity contribution in [3.63, 3.8) is 0 Å². The Bertz CT molecular complexity index is 604. The van der Waals surface area contributed by atoms with Crippen molar-refractivity contribution in [1.82, 2.24) is 0 Å². The summed E-state index contributed by atoms with van der Waals surface area (Å²) in [5, 5.41) is 31.3. The Morgan fingerprint density at radius 3 is 0.867 bits per heavy atom. The maximum Gasteiger partial charge on any atom is 4.00 e. The predicted molar refractivity (Wildman–Crippen MR) is 115 cm³/mol. The number of aryl methyl sites for hydroxylation is 3. The monoisotopic (exact) mass is 438 g/mol. The van der Waals surface area contributed by atoms with Crippen LogP contribution in [-0.2, 0) is 21.7 Å². The Hall–Kier alpha value is -2.23. The summed E-state index contributed by atoms with van der Waals surface area (Å²) in [4.78, 5) is 0. The van der Waals surface area contributed by atoms with E-state index >= 15 is 0 Å². The van der Waals surface area contributed by atoms with Crippen LogP contribution in [0, 0.1) is 27.2 Å². The molecule has 0 unspecified atom stereocenters. The molecule has 0 N–H and O–H groups in total. The SMILES string of the molecule is Cc1ccc([O-])cc1.Cc1ccc([O-])cc1.Cc1ccc([O-])cc1.[CH-]1CCCC1.[Ti+4]. The van der Waals surface area contributed by atoms with Crippen LogP contribution in [0.2, 0.25) is 0 Å². The van der Waals surface area contributed by atoms with E-state index in [-0.39, 0.29) is 39.0 Å². The van der Waals surface area contributed by atoms with Gasteiger partial charge in [-0.25, -0.2) is 0 Å². The normalized spacial score (nSPS) is 11.3. The Kier molecular flexibility index (Phi) is 15.3. The second-order valence-electron chi connectivity index (χ2n) is 7.01. The van der Waals surface area contributed by atoms with Crippen LogP contribution in [0.1, 0.15) is 42.4 Å². The van der Waals surface area contributed by atoms with E-state index in [0.29, 0.717) is 0 Å². The fourth-order valence-electron chi connectivity index (χ4n) is 2.34. The molecule has 1 aliphatic carbocycles. The van der Waals surface area contributed by atoms with Crippen molar-refractivity contribution < 1.29 is 37.0 Å². The molecule has 3 aromatic rings. The summed E-state index contributed by atoms with van der Waals surface area (Å²) >= 11 is 0. The van der Waals surface area contributed by atoms with Gasteiger partial charge < -0.3 is 21.7 Å². The van der Waals surface area contributed by atoms with E-state index in [1.54, 1.807) is 36.4 Å². The summed E-state index contributed by atoms with van der Waals surface area (Å²) in [7, 11) is 0. The van der Waals surface area contributed by atoms with E-state index in [1.807, 2.05) is 57.2 Å². The molecule has 156 valence electrons. The second-order valence-corrected chi connectivity index (χ2v) is 7.01. The van der Waals surface area contributed by atoms with Crippen molar-refractivity contribution in [3.8, 4) is 17.2 Å². The fourth-order valence-corrected chi connectivity index (χ4v) is 2.34. The molecule has 3 aromatic carbocycles. The average Bonchev–Trinajstić information content (AvgIpc) is 3.30.